The third kappa shape index (κ3) is 2.54. The Hall–Kier alpha value is -5.06. The minimum atomic E-state index is 0.923. The molecule has 0 bridgehead atoms. The molecule has 0 unspecified atom stereocenters. The fraction of sp³-hybridized carbons (Fsp3) is 0. The van der Waals surface area contributed by atoms with Gasteiger partial charge in [-0.25, -0.2) is 9.97 Å². The first kappa shape index (κ1) is 20.8. The number of nitrogens with zero attached hydrogens (tertiary/aromatic N) is 3. The van der Waals surface area contributed by atoms with Crippen LogP contribution in [-0.4, -0.2) is 14.4 Å². The quantitative estimate of drug-likeness (QED) is 0.213. The van der Waals surface area contributed by atoms with Gasteiger partial charge in [0, 0.05) is 36.3 Å². The van der Waals surface area contributed by atoms with E-state index in [0.717, 1.165) is 22.2 Å². The Morgan fingerprint density at radius 3 is 2.27 bits per heavy atom. The maximum Gasteiger partial charge on any atom is 0.165 e. The number of rotatable bonds is 1. The second-order valence-corrected chi connectivity index (χ2v) is 11.7. The summed E-state index contributed by atoms with van der Waals surface area (Å²) in [5, 5.41) is 8.90. The summed E-state index contributed by atoms with van der Waals surface area (Å²) < 4.78 is 4.95. The number of para-hydroxylation sites is 3. The summed E-state index contributed by atoms with van der Waals surface area (Å²) in [6.45, 7) is 0. The Kier molecular flexibility index (Phi) is 3.81. The lowest BCUT2D eigenvalue weighted by atomic mass is 9.98. The molecule has 0 radical (unpaired) electrons. The fourth-order valence-corrected chi connectivity index (χ4v) is 8.04. The van der Waals surface area contributed by atoms with Crippen LogP contribution < -0.4 is 0 Å². The van der Waals surface area contributed by atoms with E-state index in [-0.39, 0.29) is 0 Å². The average molecular weight is 526 g/mol. The van der Waals surface area contributed by atoms with Gasteiger partial charge in [-0.1, -0.05) is 84.9 Å². The van der Waals surface area contributed by atoms with Crippen molar-refractivity contribution in [3.63, 3.8) is 0 Å². The van der Waals surface area contributed by atoms with Crippen LogP contribution in [-0.2, 0) is 0 Å². The van der Waals surface area contributed by atoms with Gasteiger partial charge in [0.1, 0.15) is 5.52 Å². The summed E-state index contributed by atoms with van der Waals surface area (Å²) in [7, 11) is 0. The van der Waals surface area contributed by atoms with Crippen molar-refractivity contribution in [1.29, 1.82) is 0 Å². The van der Waals surface area contributed by atoms with Crippen molar-refractivity contribution in [2.75, 3.05) is 0 Å². The van der Waals surface area contributed by atoms with E-state index in [0.29, 0.717) is 0 Å². The molecule has 0 amide bonds. The molecule has 4 heterocycles. The number of thiophene rings is 1. The highest BCUT2D eigenvalue weighted by molar-refractivity contribution is 7.26. The topological polar surface area (TPSA) is 30.2 Å². The molecule has 4 heteroatoms. The Morgan fingerprint density at radius 1 is 0.575 bits per heavy atom. The van der Waals surface area contributed by atoms with Gasteiger partial charge in [0.15, 0.2) is 5.65 Å². The lowest BCUT2D eigenvalue weighted by Gasteiger charge is -2.06. The lowest BCUT2D eigenvalue weighted by molar-refractivity contribution is 1.28. The molecule has 184 valence electrons. The van der Waals surface area contributed by atoms with Crippen LogP contribution in [0.3, 0.4) is 0 Å². The second-order valence-electron chi connectivity index (χ2n) is 10.6. The average Bonchev–Trinajstić information content (AvgIpc) is 3.65. The van der Waals surface area contributed by atoms with Crippen molar-refractivity contribution in [1.82, 2.24) is 14.4 Å². The molecule has 0 aliphatic heterocycles. The summed E-state index contributed by atoms with van der Waals surface area (Å²) in [6.07, 6.45) is 0. The van der Waals surface area contributed by atoms with E-state index >= 15 is 0 Å². The van der Waals surface area contributed by atoms with Gasteiger partial charge in [-0.15, -0.1) is 11.3 Å². The summed E-state index contributed by atoms with van der Waals surface area (Å²) >= 11 is 1.89. The van der Waals surface area contributed by atoms with E-state index < -0.39 is 0 Å². The van der Waals surface area contributed by atoms with Gasteiger partial charge < -0.3 is 0 Å². The molecular formula is C36H19N3S. The van der Waals surface area contributed by atoms with E-state index in [4.69, 9.17) is 9.97 Å². The molecule has 0 fully saturated rings. The van der Waals surface area contributed by atoms with E-state index in [9.17, 15) is 0 Å². The number of benzene rings is 6. The van der Waals surface area contributed by atoms with E-state index in [1.165, 1.54) is 69.3 Å². The molecule has 0 aliphatic carbocycles. The van der Waals surface area contributed by atoms with Gasteiger partial charge in [-0.2, -0.15) is 0 Å². The molecule has 3 nitrogen and oxygen atoms in total. The minimum Gasteiger partial charge on any atom is -0.291 e. The predicted octanol–water partition coefficient (Wildman–Crippen LogP) is 9.97. The van der Waals surface area contributed by atoms with Gasteiger partial charge in [-0.3, -0.25) is 4.40 Å². The van der Waals surface area contributed by atoms with E-state index in [1.807, 2.05) is 23.5 Å². The third-order valence-corrected chi connectivity index (χ3v) is 9.66. The minimum absolute atomic E-state index is 0.923. The van der Waals surface area contributed by atoms with Gasteiger partial charge in [0.2, 0.25) is 0 Å². The first-order valence-corrected chi connectivity index (χ1v) is 14.3. The van der Waals surface area contributed by atoms with Crippen LogP contribution >= 0.6 is 11.3 Å². The SMILES string of the molecule is c1ccc2cc(-c3cccc4c3sc3cc5c6nc7ccccc7nc6n6c7ccccc7c(c34)c56)ccc2c1. The van der Waals surface area contributed by atoms with Crippen molar-refractivity contribution in [2.45, 2.75) is 0 Å². The highest BCUT2D eigenvalue weighted by Crippen LogP contribution is 2.48. The van der Waals surface area contributed by atoms with Gasteiger partial charge in [-0.05, 0) is 52.2 Å². The standard InChI is InChI=1S/C36H19N3S/c1-2-9-21-18-22(17-16-20(21)8-1)23-11-7-12-25-31-30(40-35(23)25)19-26-33-36(38-28-14-5-4-13-27(28)37-33)39-29-15-6-3-10-24(29)32(31)34(26)39/h1-19H. The maximum atomic E-state index is 5.15. The summed E-state index contributed by atoms with van der Waals surface area (Å²) in [5.74, 6) is 0. The molecule has 0 saturated carbocycles. The van der Waals surface area contributed by atoms with Crippen molar-refractivity contribution in [2.24, 2.45) is 0 Å². The van der Waals surface area contributed by atoms with Gasteiger partial charge in [0.05, 0.1) is 22.1 Å². The molecule has 10 aromatic rings. The van der Waals surface area contributed by atoms with Crippen LogP contribution in [0.25, 0.3) is 91.5 Å². The van der Waals surface area contributed by atoms with Crippen molar-refractivity contribution < 1.29 is 0 Å². The molecule has 10 rings (SSSR count). The zero-order valence-corrected chi connectivity index (χ0v) is 22.0. The highest BCUT2D eigenvalue weighted by atomic mass is 32.1. The Morgan fingerprint density at radius 2 is 1.35 bits per heavy atom. The van der Waals surface area contributed by atoms with Crippen LogP contribution in [0.15, 0.2) is 115 Å². The number of fused-ring (bicyclic) bond motifs is 12. The molecule has 0 atom stereocenters. The largest absolute Gasteiger partial charge is 0.291 e. The number of hydrogen-bond acceptors (Lipinski definition) is 3. The number of hydrogen-bond donors (Lipinski definition) is 0. The summed E-state index contributed by atoms with van der Waals surface area (Å²) in [4.78, 5) is 10.3. The molecule has 0 aliphatic rings. The zero-order chi connectivity index (χ0) is 25.9. The van der Waals surface area contributed by atoms with E-state index in [1.54, 1.807) is 0 Å². The predicted molar refractivity (Wildman–Crippen MR) is 170 cm³/mol. The van der Waals surface area contributed by atoms with Crippen LogP contribution in [0.4, 0.5) is 0 Å². The Bertz CT molecular complexity index is 2660. The van der Waals surface area contributed by atoms with Gasteiger partial charge >= 0.3 is 0 Å². The van der Waals surface area contributed by atoms with Crippen molar-refractivity contribution in [3.8, 4) is 11.1 Å². The molecule has 0 N–H and O–H groups in total. The van der Waals surface area contributed by atoms with Crippen LogP contribution in [0.5, 0.6) is 0 Å². The van der Waals surface area contributed by atoms with E-state index in [2.05, 4.69) is 108 Å². The van der Waals surface area contributed by atoms with Crippen LogP contribution in [0.1, 0.15) is 0 Å². The first-order valence-electron chi connectivity index (χ1n) is 13.5. The van der Waals surface area contributed by atoms with Crippen LogP contribution in [0, 0.1) is 0 Å². The normalized spacial score (nSPS) is 12.5. The van der Waals surface area contributed by atoms with Crippen molar-refractivity contribution >= 4 is 91.7 Å². The Labute approximate surface area is 231 Å². The van der Waals surface area contributed by atoms with Crippen LogP contribution in [0.2, 0.25) is 0 Å². The summed E-state index contributed by atoms with van der Waals surface area (Å²) in [5.41, 5.74) is 8.69. The molecular weight excluding hydrogens is 506 g/mol. The van der Waals surface area contributed by atoms with Crippen molar-refractivity contribution in [3.05, 3.63) is 115 Å². The molecule has 6 aromatic carbocycles. The first-order chi connectivity index (χ1) is 19.8. The molecule has 40 heavy (non-hydrogen) atoms. The zero-order valence-electron chi connectivity index (χ0n) is 21.2. The smallest absolute Gasteiger partial charge is 0.165 e. The number of aromatic nitrogens is 3. The fourth-order valence-electron chi connectivity index (χ4n) is 6.76. The van der Waals surface area contributed by atoms with Gasteiger partial charge in [0.25, 0.3) is 0 Å². The second kappa shape index (κ2) is 7.32. The molecule has 4 aromatic heterocycles. The lowest BCUT2D eigenvalue weighted by Crippen LogP contribution is -1.88. The molecule has 0 spiro atoms. The summed E-state index contributed by atoms with van der Waals surface area (Å²) in [6, 6.07) is 41.4. The maximum absolute atomic E-state index is 5.15. The highest BCUT2D eigenvalue weighted by Gasteiger charge is 2.24. The molecule has 0 saturated heterocycles. The Balaban J connectivity index is 1.40. The monoisotopic (exact) mass is 525 g/mol. The third-order valence-electron chi connectivity index (χ3n) is 8.48.